The predicted octanol–water partition coefficient (Wildman–Crippen LogP) is 4.84. The number of hydrogen-bond acceptors (Lipinski definition) is 4. The summed E-state index contributed by atoms with van der Waals surface area (Å²) in [6.07, 6.45) is -0.327. The summed E-state index contributed by atoms with van der Waals surface area (Å²) in [4.78, 5) is 18.3. The lowest BCUT2D eigenvalue weighted by atomic mass is 10.1. The van der Waals surface area contributed by atoms with Gasteiger partial charge >= 0.3 is 0 Å². The molecule has 0 radical (unpaired) electrons. The van der Waals surface area contributed by atoms with E-state index < -0.39 is 6.10 Å². The Morgan fingerprint density at radius 3 is 2.82 bits per heavy atom. The van der Waals surface area contributed by atoms with Gasteiger partial charge in [0.25, 0.3) is 5.91 Å². The molecule has 0 aliphatic carbocycles. The Kier molecular flexibility index (Phi) is 4.59. The number of carbonyl (C=O) groups excluding carboxylic acids is 1. The fourth-order valence-corrected chi connectivity index (χ4v) is 3.31. The van der Waals surface area contributed by atoms with Crippen molar-refractivity contribution in [2.75, 3.05) is 5.32 Å². The molecule has 8 heteroatoms. The summed E-state index contributed by atoms with van der Waals surface area (Å²) in [7, 11) is 0. The molecule has 0 saturated heterocycles. The van der Waals surface area contributed by atoms with Crippen molar-refractivity contribution >= 4 is 63.4 Å². The van der Waals surface area contributed by atoms with Gasteiger partial charge in [-0.15, -0.1) is 11.3 Å². The van der Waals surface area contributed by atoms with E-state index >= 15 is 0 Å². The van der Waals surface area contributed by atoms with Gasteiger partial charge in [-0.2, -0.15) is 0 Å². The maximum atomic E-state index is 12.2. The van der Waals surface area contributed by atoms with Gasteiger partial charge < -0.3 is 10.2 Å². The molecule has 1 aliphatic rings. The average molecular weight is 376 g/mol. The Bertz CT molecular complexity index is 760. The molecule has 1 atom stereocenters. The van der Waals surface area contributed by atoms with Gasteiger partial charge in [-0.25, -0.2) is 0 Å². The van der Waals surface area contributed by atoms with E-state index in [0.29, 0.717) is 32.2 Å². The van der Waals surface area contributed by atoms with Crippen molar-refractivity contribution < 1.29 is 9.63 Å². The van der Waals surface area contributed by atoms with Crippen molar-refractivity contribution in [3.8, 4) is 0 Å². The number of nitrogens with zero attached hydrogens (tertiary/aromatic N) is 1. The first-order chi connectivity index (χ1) is 10.5. The van der Waals surface area contributed by atoms with Crippen LogP contribution in [0.25, 0.3) is 0 Å². The number of carbonyl (C=O) groups is 1. The van der Waals surface area contributed by atoms with Crippen LogP contribution in [0.1, 0.15) is 11.3 Å². The summed E-state index contributed by atoms with van der Waals surface area (Å²) in [6, 6.07) is 8.47. The quantitative estimate of drug-likeness (QED) is 0.834. The molecule has 3 rings (SSSR count). The maximum absolute atomic E-state index is 12.2. The molecular formula is C14H9Cl3N2O2S. The Labute approximate surface area is 145 Å². The van der Waals surface area contributed by atoms with Crippen LogP contribution < -0.4 is 5.32 Å². The first-order valence-corrected chi connectivity index (χ1v) is 8.22. The molecule has 4 nitrogen and oxygen atoms in total. The molecule has 1 unspecified atom stereocenters. The highest BCUT2D eigenvalue weighted by molar-refractivity contribution is 7.18. The van der Waals surface area contributed by atoms with Gasteiger partial charge in [-0.3, -0.25) is 4.79 Å². The first-order valence-electron chi connectivity index (χ1n) is 6.27. The molecule has 0 saturated carbocycles. The van der Waals surface area contributed by atoms with Gasteiger partial charge in [0.2, 0.25) is 6.10 Å². The van der Waals surface area contributed by atoms with Gasteiger partial charge in [0, 0.05) is 11.4 Å². The summed E-state index contributed by atoms with van der Waals surface area (Å²) in [5, 5.41) is 7.53. The number of hydrogen-bond donors (Lipinski definition) is 1. The molecule has 1 aromatic carbocycles. The highest BCUT2D eigenvalue weighted by atomic mass is 35.5. The smallest absolute Gasteiger partial charge is 0.268 e. The van der Waals surface area contributed by atoms with Gasteiger partial charge in [-0.05, 0) is 30.3 Å². The molecule has 114 valence electrons. The fraction of sp³-hybridized carbons (Fsp3) is 0.143. The summed E-state index contributed by atoms with van der Waals surface area (Å²) in [6.45, 7) is 0. The van der Waals surface area contributed by atoms with Gasteiger partial charge in [0.15, 0.2) is 0 Å². The normalized spacial score (nSPS) is 17.0. The van der Waals surface area contributed by atoms with E-state index in [4.69, 9.17) is 39.6 Å². The van der Waals surface area contributed by atoms with Crippen molar-refractivity contribution in [3.05, 3.63) is 49.6 Å². The monoisotopic (exact) mass is 374 g/mol. The highest BCUT2D eigenvalue weighted by Crippen LogP contribution is 2.28. The number of nitrogens with one attached hydrogen (secondary N) is 1. The second-order valence-electron chi connectivity index (χ2n) is 4.55. The van der Waals surface area contributed by atoms with Crippen LogP contribution in [0.15, 0.2) is 35.5 Å². The zero-order chi connectivity index (χ0) is 15.7. The average Bonchev–Trinajstić information content (AvgIpc) is 3.11. The van der Waals surface area contributed by atoms with Crippen LogP contribution in [0.4, 0.5) is 5.69 Å². The Hall–Kier alpha value is -1.27. The molecule has 0 fully saturated rings. The van der Waals surface area contributed by atoms with E-state index in [-0.39, 0.29) is 5.91 Å². The third-order valence-electron chi connectivity index (χ3n) is 3.01. The minimum atomic E-state index is -0.703. The third kappa shape index (κ3) is 3.38. The van der Waals surface area contributed by atoms with Crippen LogP contribution in [-0.2, 0) is 9.63 Å². The molecular weight excluding hydrogens is 367 g/mol. The van der Waals surface area contributed by atoms with Crippen LogP contribution >= 0.6 is 46.1 Å². The number of rotatable bonds is 3. The van der Waals surface area contributed by atoms with Crippen molar-refractivity contribution in [1.82, 2.24) is 0 Å². The molecule has 2 aromatic rings. The SMILES string of the molecule is O=C(Nc1cc(Cl)ccc1Cl)C1CC(c2ccc(Cl)s2)=NO1. The number of oxime groups is 1. The number of thiophene rings is 1. The highest BCUT2D eigenvalue weighted by Gasteiger charge is 2.30. The number of anilines is 1. The van der Waals surface area contributed by atoms with E-state index in [0.717, 1.165) is 4.88 Å². The second kappa shape index (κ2) is 6.46. The maximum Gasteiger partial charge on any atom is 0.268 e. The van der Waals surface area contributed by atoms with E-state index in [2.05, 4.69) is 10.5 Å². The van der Waals surface area contributed by atoms with Crippen molar-refractivity contribution in [2.45, 2.75) is 12.5 Å². The van der Waals surface area contributed by atoms with Crippen molar-refractivity contribution in [1.29, 1.82) is 0 Å². The zero-order valence-corrected chi connectivity index (χ0v) is 14.1. The lowest BCUT2D eigenvalue weighted by Gasteiger charge is -2.11. The molecule has 0 spiro atoms. The van der Waals surface area contributed by atoms with E-state index in [1.165, 1.54) is 11.3 Å². The van der Waals surface area contributed by atoms with E-state index in [1.54, 1.807) is 24.3 Å². The third-order valence-corrected chi connectivity index (χ3v) is 4.85. The second-order valence-corrected chi connectivity index (χ2v) is 7.11. The number of amides is 1. The molecule has 1 aliphatic heterocycles. The van der Waals surface area contributed by atoms with Crippen LogP contribution in [0.2, 0.25) is 14.4 Å². The van der Waals surface area contributed by atoms with Crippen LogP contribution in [-0.4, -0.2) is 17.7 Å². The van der Waals surface area contributed by atoms with E-state index in [9.17, 15) is 4.79 Å². The van der Waals surface area contributed by atoms with Crippen molar-refractivity contribution in [2.24, 2.45) is 5.16 Å². The van der Waals surface area contributed by atoms with Gasteiger partial charge in [-0.1, -0.05) is 40.0 Å². The lowest BCUT2D eigenvalue weighted by molar-refractivity contribution is -0.125. The van der Waals surface area contributed by atoms with E-state index in [1.807, 2.05) is 6.07 Å². The predicted molar refractivity (Wildman–Crippen MR) is 90.4 cm³/mol. The van der Waals surface area contributed by atoms with Crippen LogP contribution in [0.5, 0.6) is 0 Å². The van der Waals surface area contributed by atoms with Crippen LogP contribution in [0.3, 0.4) is 0 Å². The molecule has 2 heterocycles. The minimum absolute atomic E-state index is 0.328. The molecule has 1 amide bonds. The minimum Gasteiger partial charge on any atom is -0.382 e. The van der Waals surface area contributed by atoms with Crippen molar-refractivity contribution in [3.63, 3.8) is 0 Å². The molecule has 1 N–H and O–H groups in total. The molecule has 1 aromatic heterocycles. The fourth-order valence-electron chi connectivity index (χ4n) is 1.94. The molecule has 22 heavy (non-hydrogen) atoms. The molecule has 0 bridgehead atoms. The first kappa shape index (κ1) is 15.6. The zero-order valence-electron chi connectivity index (χ0n) is 11.0. The Morgan fingerprint density at radius 1 is 1.27 bits per heavy atom. The topological polar surface area (TPSA) is 50.7 Å². The summed E-state index contributed by atoms with van der Waals surface area (Å²) >= 11 is 19.2. The largest absolute Gasteiger partial charge is 0.382 e. The summed E-state index contributed by atoms with van der Waals surface area (Å²) in [5.41, 5.74) is 1.14. The number of halogens is 3. The Morgan fingerprint density at radius 2 is 2.09 bits per heavy atom. The van der Waals surface area contributed by atoms with Crippen LogP contribution in [0, 0.1) is 0 Å². The van der Waals surface area contributed by atoms with Gasteiger partial charge in [0.05, 0.1) is 19.9 Å². The lowest BCUT2D eigenvalue weighted by Crippen LogP contribution is -2.28. The Balaban J connectivity index is 1.66. The number of benzene rings is 1. The standard InChI is InChI=1S/C14H9Cl3N2O2S/c15-7-1-2-8(16)9(5-7)18-14(20)11-6-10(19-21-11)12-3-4-13(17)22-12/h1-5,11H,6H2,(H,18,20). The summed E-state index contributed by atoms with van der Waals surface area (Å²) < 4.78 is 0.663. The van der Waals surface area contributed by atoms with Gasteiger partial charge in [0.1, 0.15) is 5.71 Å². The summed E-state index contributed by atoms with van der Waals surface area (Å²) in [5.74, 6) is -0.328.